The van der Waals surface area contributed by atoms with Gasteiger partial charge in [-0.2, -0.15) is 0 Å². The second-order valence-corrected chi connectivity index (χ2v) is 16.1. The van der Waals surface area contributed by atoms with Crippen LogP contribution in [0, 0.1) is 0 Å². The first-order valence-electron chi connectivity index (χ1n) is 22.1. The Kier molecular flexibility index (Phi) is 25.4. The fourth-order valence-corrected chi connectivity index (χ4v) is 6.89. The molecule has 0 bridgehead atoms. The van der Waals surface area contributed by atoms with E-state index < -0.39 is 117 Å². The summed E-state index contributed by atoms with van der Waals surface area (Å²) in [6.07, 6.45) is -16.5. The number of nitrogens with one attached hydrogen (secondary N) is 4. The lowest BCUT2D eigenvalue weighted by Gasteiger charge is -2.44. The molecule has 378 valence electrons. The Labute approximate surface area is 386 Å². The molecule has 2 amide bonds. The zero-order chi connectivity index (χ0) is 49.5. The zero-order valence-corrected chi connectivity index (χ0v) is 37.6. The molecular formula is C43H66N4O20. The van der Waals surface area contributed by atoms with Crippen LogP contribution in [0.25, 0.3) is 0 Å². The van der Waals surface area contributed by atoms with E-state index >= 15 is 0 Å². The summed E-state index contributed by atoms with van der Waals surface area (Å²) in [7, 11) is 1.63. The van der Waals surface area contributed by atoms with Crippen LogP contribution >= 0.6 is 0 Å². The number of aliphatic hydroxyl groups is 7. The average Bonchev–Trinajstić information content (AvgIpc) is 3.31. The lowest BCUT2D eigenvalue weighted by atomic mass is 9.98. The maximum absolute atomic E-state index is 12.9. The van der Waals surface area contributed by atoms with Gasteiger partial charge < -0.3 is 85.4 Å². The van der Waals surface area contributed by atoms with Crippen molar-refractivity contribution in [2.24, 2.45) is 0 Å². The Balaban J connectivity index is 1.24. The van der Waals surface area contributed by atoms with Crippen LogP contribution < -0.4 is 21.3 Å². The quantitative estimate of drug-likeness (QED) is 0.0215. The minimum atomic E-state index is -1.89. The molecule has 2 aliphatic heterocycles. The SMILES string of the molecule is CNC(CCCCNC(=O)CCC(=O)OC[C@H]1O[C@H](O[C@H]2O[C@H](CO)[C@@H](O)[C@H](O)[C@H]2O)[C@H](O)[C@@H](O)[C@@H]1O)C(=O)CNC(CCCCNC(=O)CCC(=O)OC(=O)OCc1ccccc1)C(C)=O. The second-order valence-electron chi connectivity index (χ2n) is 16.1. The number of aliphatic hydroxyl groups excluding tert-OH is 7. The van der Waals surface area contributed by atoms with Gasteiger partial charge in [-0.3, -0.25) is 28.8 Å². The number of carbonyl (C=O) groups excluding carboxylic acids is 7. The van der Waals surface area contributed by atoms with Gasteiger partial charge in [0.05, 0.1) is 38.1 Å². The van der Waals surface area contributed by atoms with Crippen molar-refractivity contribution in [3.05, 3.63) is 35.9 Å². The van der Waals surface area contributed by atoms with Crippen molar-refractivity contribution in [2.45, 2.75) is 151 Å². The number of ketones is 2. The summed E-state index contributed by atoms with van der Waals surface area (Å²) < 4.78 is 30.6. The summed E-state index contributed by atoms with van der Waals surface area (Å²) in [6.45, 7) is 0.418. The van der Waals surface area contributed by atoms with E-state index in [1.165, 1.54) is 6.92 Å². The number of hydrogen-bond acceptors (Lipinski definition) is 22. The summed E-state index contributed by atoms with van der Waals surface area (Å²) in [5.74, 6) is -2.95. The van der Waals surface area contributed by atoms with Gasteiger partial charge in [0, 0.05) is 25.9 Å². The number of carbonyl (C=O) groups is 7. The van der Waals surface area contributed by atoms with Gasteiger partial charge in [-0.05, 0) is 58.1 Å². The van der Waals surface area contributed by atoms with Crippen molar-refractivity contribution < 1.29 is 97.7 Å². The summed E-state index contributed by atoms with van der Waals surface area (Å²) in [5.41, 5.74) is 0.718. The summed E-state index contributed by atoms with van der Waals surface area (Å²) in [5, 5.41) is 82.0. The van der Waals surface area contributed by atoms with Crippen molar-refractivity contribution in [2.75, 3.05) is 39.9 Å². The highest BCUT2D eigenvalue weighted by Crippen LogP contribution is 2.28. The van der Waals surface area contributed by atoms with Crippen LogP contribution in [0.2, 0.25) is 0 Å². The molecule has 3 rings (SSSR count). The molecule has 0 spiro atoms. The van der Waals surface area contributed by atoms with Gasteiger partial charge in [0.25, 0.3) is 0 Å². The van der Waals surface area contributed by atoms with E-state index in [-0.39, 0.29) is 63.5 Å². The normalized spacial score (nSPS) is 25.8. The molecule has 11 N–H and O–H groups in total. The molecule has 2 saturated heterocycles. The van der Waals surface area contributed by atoms with Crippen molar-refractivity contribution >= 4 is 41.5 Å². The molecule has 2 aliphatic rings. The molecule has 2 unspecified atom stereocenters. The predicted molar refractivity (Wildman–Crippen MR) is 228 cm³/mol. The number of amides is 2. The van der Waals surface area contributed by atoms with E-state index in [1.54, 1.807) is 37.4 Å². The van der Waals surface area contributed by atoms with E-state index in [2.05, 4.69) is 26.0 Å². The lowest BCUT2D eigenvalue weighted by molar-refractivity contribution is -0.376. The van der Waals surface area contributed by atoms with Gasteiger partial charge >= 0.3 is 18.1 Å². The van der Waals surface area contributed by atoms with E-state index in [4.69, 9.17) is 23.7 Å². The van der Waals surface area contributed by atoms with Crippen LogP contribution in [0.15, 0.2) is 30.3 Å². The molecule has 12 atom stereocenters. The number of unbranched alkanes of at least 4 members (excludes halogenated alkanes) is 2. The molecule has 0 saturated carbocycles. The zero-order valence-electron chi connectivity index (χ0n) is 37.6. The van der Waals surface area contributed by atoms with Crippen molar-refractivity contribution in [1.29, 1.82) is 0 Å². The van der Waals surface area contributed by atoms with Gasteiger partial charge in [-0.25, -0.2) is 4.79 Å². The number of ether oxygens (including phenoxy) is 6. The third kappa shape index (κ3) is 19.9. The highest BCUT2D eigenvalue weighted by Gasteiger charge is 2.50. The number of likely N-dealkylation sites (N-methyl/N-ethyl adjacent to an activating group) is 1. The van der Waals surface area contributed by atoms with Crippen molar-refractivity contribution in [1.82, 2.24) is 21.3 Å². The lowest BCUT2D eigenvalue weighted by Crippen LogP contribution is -2.63. The highest BCUT2D eigenvalue weighted by molar-refractivity contribution is 5.87. The van der Waals surface area contributed by atoms with Crippen LogP contribution in [0.3, 0.4) is 0 Å². The van der Waals surface area contributed by atoms with Crippen molar-refractivity contribution in [3.8, 4) is 0 Å². The molecule has 0 aromatic heterocycles. The number of rotatable bonds is 29. The second kappa shape index (κ2) is 30.0. The molecule has 0 radical (unpaired) electrons. The molecule has 24 nitrogen and oxygen atoms in total. The fraction of sp³-hybridized carbons (Fsp3) is 0.698. The maximum Gasteiger partial charge on any atom is 0.516 e. The van der Waals surface area contributed by atoms with Crippen LogP contribution in [-0.4, -0.2) is 191 Å². The van der Waals surface area contributed by atoms with Crippen molar-refractivity contribution in [3.63, 3.8) is 0 Å². The Morgan fingerprint density at radius 3 is 1.75 bits per heavy atom. The summed E-state index contributed by atoms with van der Waals surface area (Å²) >= 11 is 0. The predicted octanol–water partition coefficient (Wildman–Crippen LogP) is -3.13. The van der Waals surface area contributed by atoms with E-state index in [9.17, 15) is 69.3 Å². The molecule has 0 aliphatic carbocycles. The molecule has 1 aromatic carbocycles. The van der Waals surface area contributed by atoms with Gasteiger partial charge in [0.2, 0.25) is 11.8 Å². The Hall–Kier alpha value is -4.57. The van der Waals surface area contributed by atoms with E-state index in [0.29, 0.717) is 38.5 Å². The molecule has 2 fully saturated rings. The van der Waals surface area contributed by atoms with Gasteiger partial charge in [-0.15, -0.1) is 0 Å². The molecule has 1 aromatic rings. The summed E-state index contributed by atoms with van der Waals surface area (Å²) in [6, 6.07) is 7.71. The molecule has 2 heterocycles. The largest absolute Gasteiger partial charge is 0.516 e. The first kappa shape index (κ1) is 56.8. The number of hydrogen-bond donors (Lipinski definition) is 11. The Bertz CT molecular complexity index is 1720. The third-order valence-corrected chi connectivity index (χ3v) is 10.9. The topological polar surface area (TPSA) is 365 Å². The minimum Gasteiger partial charge on any atom is -0.463 e. The first-order chi connectivity index (χ1) is 31.9. The van der Waals surface area contributed by atoms with Crippen LogP contribution in [0.5, 0.6) is 0 Å². The Morgan fingerprint density at radius 2 is 1.19 bits per heavy atom. The number of Topliss-reactive ketones (excluding diaryl/α,β-unsaturated/α-hetero) is 2. The monoisotopic (exact) mass is 958 g/mol. The minimum absolute atomic E-state index is 0.0639. The highest BCUT2D eigenvalue weighted by atomic mass is 16.8. The molecular weight excluding hydrogens is 892 g/mol. The fourth-order valence-electron chi connectivity index (χ4n) is 6.89. The van der Waals surface area contributed by atoms with E-state index in [0.717, 1.165) is 5.56 Å². The smallest absolute Gasteiger partial charge is 0.463 e. The average molecular weight is 959 g/mol. The van der Waals surface area contributed by atoms with Gasteiger partial charge in [-0.1, -0.05) is 30.3 Å². The van der Waals surface area contributed by atoms with Crippen LogP contribution in [-0.2, 0) is 63.8 Å². The summed E-state index contributed by atoms with van der Waals surface area (Å²) in [4.78, 5) is 85.7. The van der Waals surface area contributed by atoms with Gasteiger partial charge in [0.15, 0.2) is 18.4 Å². The number of esters is 2. The first-order valence-corrected chi connectivity index (χ1v) is 22.1. The van der Waals surface area contributed by atoms with Crippen LogP contribution in [0.4, 0.5) is 4.79 Å². The Morgan fingerprint density at radius 1 is 0.657 bits per heavy atom. The third-order valence-electron chi connectivity index (χ3n) is 10.9. The van der Waals surface area contributed by atoms with Crippen LogP contribution in [0.1, 0.15) is 76.7 Å². The molecule has 24 heteroatoms. The molecule has 67 heavy (non-hydrogen) atoms. The van der Waals surface area contributed by atoms with Gasteiger partial charge in [0.1, 0.15) is 67.8 Å². The van der Waals surface area contributed by atoms with E-state index in [1.807, 2.05) is 0 Å². The standard InChI is InChI=1S/C43H66N4O20/c1-24(49)26(12-6-8-18-46-32(52)15-17-34(54)66-43(61)63-22-25-10-4-3-5-11-25)47-20-28(50)27(44-2)13-7-9-19-45-31(51)14-16-33(53)62-23-30-36(56)38(58)40(60)42(65-30)67-41-39(59)37(57)35(55)29(21-48)64-41/h3-5,10-11,26-27,29-30,35-42,44,47-48,55-60H,6-9,12-23H2,1-2H3,(H,45,51)(H,46,52)/t26?,27?,29-,30-,35-,36-,37+,38+,39-,40-,41-,42-/m1/s1. The number of benzene rings is 1. The maximum atomic E-state index is 12.9.